The number of aromatic nitrogens is 2. The van der Waals surface area contributed by atoms with Crippen LogP contribution in [0.1, 0.15) is 25.9 Å². The second-order valence-electron chi connectivity index (χ2n) is 7.97. The monoisotopic (exact) mass is 494 g/mol. The zero-order valence-electron chi connectivity index (χ0n) is 16.7. The standard InChI is InChI=1S/C21H17Cl2FN4O3S/c1-8-13(22)14(23)17(25-8)19(29)26-16-11-6-28(7-12(11)16)21-27-15(18(32-21)20(30)31)9-2-4-10(24)5-3-9/h2-5,11-12,16,25H,6-7H2,1H3,(H,26,29)(H,30,31)/t11-,12+,16-. The predicted molar refractivity (Wildman–Crippen MR) is 120 cm³/mol. The van der Waals surface area contributed by atoms with E-state index in [1.165, 1.54) is 24.3 Å². The Morgan fingerprint density at radius 2 is 1.88 bits per heavy atom. The van der Waals surface area contributed by atoms with Gasteiger partial charge in [-0.15, -0.1) is 0 Å². The van der Waals surface area contributed by atoms with Crippen molar-refractivity contribution in [2.24, 2.45) is 11.8 Å². The molecule has 2 aliphatic rings. The number of nitrogens with zero attached hydrogens (tertiary/aromatic N) is 2. The number of rotatable bonds is 5. The summed E-state index contributed by atoms with van der Waals surface area (Å²) in [4.78, 5) is 33.9. The van der Waals surface area contributed by atoms with E-state index in [2.05, 4.69) is 15.3 Å². The van der Waals surface area contributed by atoms with Gasteiger partial charge in [0.25, 0.3) is 5.91 Å². The van der Waals surface area contributed by atoms with Gasteiger partial charge in [-0.3, -0.25) is 4.79 Å². The Morgan fingerprint density at radius 3 is 2.44 bits per heavy atom. The maximum Gasteiger partial charge on any atom is 0.348 e. The van der Waals surface area contributed by atoms with Crippen LogP contribution in [0.5, 0.6) is 0 Å². The SMILES string of the molecule is Cc1[nH]c(C(=O)N[C@@H]2[C@@H]3CN(c4nc(-c5ccc(F)cc5)c(C(=O)O)s4)C[C@@H]32)c(Cl)c1Cl. The van der Waals surface area contributed by atoms with Crippen LogP contribution in [-0.4, -0.2) is 46.1 Å². The molecule has 3 heterocycles. The van der Waals surface area contributed by atoms with Gasteiger partial charge in [0.2, 0.25) is 0 Å². The number of hydrogen-bond donors (Lipinski definition) is 3. The van der Waals surface area contributed by atoms with Crippen LogP contribution in [0.2, 0.25) is 10.0 Å². The number of piperidine rings is 1. The molecule has 11 heteroatoms. The number of benzene rings is 1. The number of aromatic carboxylic acids is 1. The summed E-state index contributed by atoms with van der Waals surface area (Å²) >= 11 is 13.3. The first kappa shape index (κ1) is 21.2. The van der Waals surface area contributed by atoms with Gasteiger partial charge in [0.15, 0.2) is 5.13 Å². The molecule has 1 saturated carbocycles. The molecule has 1 aliphatic carbocycles. The predicted octanol–water partition coefficient (Wildman–Crippen LogP) is 4.46. The molecule has 1 saturated heterocycles. The molecule has 2 aromatic heterocycles. The summed E-state index contributed by atoms with van der Waals surface area (Å²) in [5.41, 5.74) is 1.78. The number of amides is 1. The highest BCUT2D eigenvalue weighted by Gasteiger charge is 2.57. The molecule has 7 nitrogen and oxygen atoms in total. The second kappa shape index (κ2) is 7.75. The number of nitrogens with one attached hydrogen (secondary N) is 2. The maximum atomic E-state index is 13.3. The molecule has 3 atom stereocenters. The number of fused-ring (bicyclic) bond motifs is 1. The second-order valence-corrected chi connectivity index (χ2v) is 9.70. The normalized spacial score (nSPS) is 21.5. The Morgan fingerprint density at radius 1 is 1.22 bits per heavy atom. The van der Waals surface area contributed by atoms with Gasteiger partial charge >= 0.3 is 5.97 Å². The van der Waals surface area contributed by atoms with Crippen molar-refractivity contribution < 1.29 is 19.1 Å². The van der Waals surface area contributed by atoms with Crippen molar-refractivity contribution in [3.63, 3.8) is 0 Å². The molecule has 32 heavy (non-hydrogen) atoms. The van der Waals surface area contributed by atoms with Gasteiger partial charge < -0.3 is 20.3 Å². The van der Waals surface area contributed by atoms with Crippen molar-refractivity contribution in [2.45, 2.75) is 13.0 Å². The molecule has 0 unspecified atom stereocenters. The number of carboxylic acid groups (broad SMARTS) is 1. The number of thiazole rings is 1. The zero-order chi connectivity index (χ0) is 22.7. The van der Waals surface area contributed by atoms with Crippen LogP contribution in [0, 0.1) is 24.6 Å². The molecule has 0 bridgehead atoms. The van der Waals surface area contributed by atoms with Crippen molar-refractivity contribution >= 4 is 51.5 Å². The Bertz CT molecular complexity index is 1230. The highest BCUT2D eigenvalue weighted by atomic mass is 35.5. The van der Waals surface area contributed by atoms with Gasteiger partial charge in [-0.25, -0.2) is 14.2 Å². The number of halogens is 3. The lowest BCUT2D eigenvalue weighted by atomic mass is 10.1. The molecular formula is C21H17Cl2FN4O3S. The largest absolute Gasteiger partial charge is 0.477 e. The lowest BCUT2D eigenvalue weighted by molar-refractivity contribution is 0.0702. The van der Waals surface area contributed by atoms with Crippen molar-refractivity contribution in [2.75, 3.05) is 18.0 Å². The van der Waals surface area contributed by atoms with Gasteiger partial charge in [0.1, 0.15) is 16.4 Å². The van der Waals surface area contributed by atoms with Gasteiger partial charge in [-0.2, -0.15) is 0 Å². The summed E-state index contributed by atoms with van der Waals surface area (Å²) in [6.45, 7) is 3.06. The van der Waals surface area contributed by atoms with E-state index in [0.717, 1.165) is 11.3 Å². The van der Waals surface area contributed by atoms with Crippen molar-refractivity contribution in [1.82, 2.24) is 15.3 Å². The van der Waals surface area contributed by atoms with E-state index >= 15 is 0 Å². The third-order valence-corrected chi connectivity index (χ3v) is 8.02. The quantitative estimate of drug-likeness (QED) is 0.486. The third-order valence-electron chi connectivity index (χ3n) is 5.97. The van der Waals surface area contributed by atoms with Crippen LogP contribution < -0.4 is 10.2 Å². The molecule has 5 rings (SSSR count). The molecule has 2 fully saturated rings. The number of aryl methyl sites for hydroxylation is 1. The fourth-order valence-corrected chi connectivity index (χ4v) is 5.60. The molecule has 0 radical (unpaired) electrons. The fraction of sp³-hybridized carbons (Fsp3) is 0.286. The minimum absolute atomic E-state index is 0.0210. The van der Waals surface area contributed by atoms with Crippen LogP contribution >= 0.6 is 34.5 Å². The Hall–Kier alpha value is -2.62. The van der Waals surface area contributed by atoms with Gasteiger partial charge in [-0.05, 0) is 31.2 Å². The highest BCUT2D eigenvalue weighted by molar-refractivity contribution is 7.17. The average molecular weight is 495 g/mol. The molecule has 166 valence electrons. The summed E-state index contributed by atoms with van der Waals surface area (Å²) < 4.78 is 13.3. The van der Waals surface area contributed by atoms with E-state index in [1.807, 2.05) is 4.90 Å². The van der Waals surface area contributed by atoms with E-state index in [-0.39, 0.29) is 39.4 Å². The average Bonchev–Trinajstić information content (AvgIpc) is 3.16. The summed E-state index contributed by atoms with van der Waals surface area (Å²) in [5, 5.41) is 13.8. The molecule has 1 aliphatic heterocycles. The highest BCUT2D eigenvalue weighted by Crippen LogP contribution is 2.48. The molecule has 3 aromatic rings. The molecule has 1 aromatic carbocycles. The van der Waals surface area contributed by atoms with Crippen LogP contribution in [0.4, 0.5) is 9.52 Å². The van der Waals surface area contributed by atoms with E-state index in [1.54, 1.807) is 6.92 Å². The summed E-state index contributed by atoms with van der Waals surface area (Å²) in [7, 11) is 0. The van der Waals surface area contributed by atoms with Gasteiger partial charge in [0.05, 0.1) is 15.7 Å². The summed E-state index contributed by atoms with van der Waals surface area (Å²) in [6.07, 6.45) is 0. The van der Waals surface area contributed by atoms with Crippen molar-refractivity contribution in [1.29, 1.82) is 0 Å². The zero-order valence-corrected chi connectivity index (χ0v) is 19.0. The third kappa shape index (κ3) is 3.54. The van der Waals surface area contributed by atoms with E-state index in [4.69, 9.17) is 23.2 Å². The number of H-pyrrole nitrogens is 1. The van der Waals surface area contributed by atoms with Crippen LogP contribution in [0.25, 0.3) is 11.3 Å². The first-order valence-electron chi connectivity index (χ1n) is 9.84. The first-order valence-corrected chi connectivity index (χ1v) is 11.4. The van der Waals surface area contributed by atoms with E-state index in [0.29, 0.717) is 40.2 Å². The Balaban J connectivity index is 1.28. The molecule has 3 N–H and O–H groups in total. The lowest BCUT2D eigenvalue weighted by Crippen LogP contribution is -2.34. The number of carbonyl (C=O) groups excluding carboxylic acids is 1. The minimum Gasteiger partial charge on any atom is -0.477 e. The van der Waals surface area contributed by atoms with Gasteiger partial charge in [-0.1, -0.05) is 34.5 Å². The smallest absolute Gasteiger partial charge is 0.348 e. The number of carboxylic acids is 1. The minimum atomic E-state index is -1.07. The van der Waals surface area contributed by atoms with Crippen molar-refractivity contribution in [3.05, 3.63) is 56.4 Å². The topological polar surface area (TPSA) is 98.3 Å². The summed E-state index contributed by atoms with van der Waals surface area (Å²) in [5.74, 6) is -1.27. The van der Waals surface area contributed by atoms with Crippen LogP contribution in [0.15, 0.2) is 24.3 Å². The number of aromatic amines is 1. The molecule has 1 amide bonds. The Labute approximate surface area is 196 Å². The number of anilines is 1. The van der Waals surface area contributed by atoms with E-state index in [9.17, 15) is 19.1 Å². The fourth-order valence-electron chi connectivity index (χ4n) is 4.24. The molecular weight excluding hydrogens is 478 g/mol. The van der Waals surface area contributed by atoms with Gasteiger partial charge in [0, 0.05) is 42.2 Å². The number of hydrogen-bond acceptors (Lipinski definition) is 5. The van der Waals surface area contributed by atoms with Crippen LogP contribution in [-0.2, 0) is 0 Å². The number of carbonyl (C=O) groups is 2. The van der Waals surface area contributed by atoms with E-state index < -0.39 is 11.8 Å². The lowest BCUT2D eigenvalue weighted by Gasteiger charge is -2.19. The first-order chi connectivity index (χ1) is 15.2. The maximum absolute atomic E-state index is 13.3. The van der Waals surface area contributed by atoms with Crippen LogP contribution in [0.3, 0.4) is 0 Å². The molecule has 0 spiro atoms. The summed E-state index contributed by atoms with van der Waals surface area (Å²) in [6, 6.07) is 5.63. The van der Waals surface area contributed by atoms with Crippen molar-refractivity contribution in [3.8, 4) is 11.3 Å². The Kier molecular flexibility index (Phi) is 5.15.